The minimum atomic E-state index is -0.374. The van der Waals surface area contributed by atoms with Crippen molar-refractivity contribution in [3.05, 3.63) is 81.5 Å². The van der Waals surface area contributed by atoms with Crippen LogP contribution in [0.3, 0.4) is 0 Å². The largest absolute Gasteiger partial charge is 0.393 e. The number of imidazole rings is 1. The number of rotatable bonds is 4. The lowest BCUT2D eigenvalue weighted by Gasteiger charge is -2.31. The molecule has 0 bridgehead atoms. The number of aliphatic hydroxyl groups excluding tert-OH is 1. The van der Waals surface area contributed by atoms with Gasteiger partial charge in [-0.1, -0.05) is 29.3 Å². The maximum Gasteiger partial charge on any atom is 0.270 e. The van der Waals surface area contributed by atoms with Crippen LogP contribution in [-0.4, -0.2) is 48.2 Å². The highest BCUT2D eigenvalue weighted by Crippen LogP contribution is 2.29. The zero-order valence-corrected chi connectivity index (χ0v) is 20.5. The second-order valence-electron chi connectivity index (χ2n) is 8.63. The highest BCUT2D eigenvalue weighted by Gasteiger charge is 2.20. The number of para-hydroxylation sites is 1. The normalized spacial score (nSPS) is 14.6. The molecule has 2 aromatic carbocycles. The Morgan fingerprint density at radius 3 is 2.44 bits per heavy atom. The minimum Gasteiger partial charge on any atom is -0.393 e. The van der Waals surface area contributed by atoms with E-state index in [-0.39, 0.29) is 11.7 Å². The summed E-state index contributed by atoms with van der Waals surface area (Å²) >= 11 is 12.8. The lowest BCUT2D eigenvalue weighted by atomic mass is 10.1. The van der Waals surface area contributed by atoms with Crippen LogP contribution in [-0.2, 0) is 0 Å². The van der Waals surface area contributed by atoms with Crippen LogP contribution >= 0.6 is 23.2 Å². The van der Waals surface area contributed by atoms with E-state index in [1.165, 1.54) is 10.8 Å². The first kappa shape index (κ1) is 22.8. The van der Waals surface area contributed by atoms with E-state index < -0.39 is 0 Å². The fourth-order valence-corrected chi connectivity index (χ4v) is 5.08. The van der Waals surface area contributed by atoms with Gasteiger partial charge in [-0.2, -0.15) is 4.98 Å². The maximum atomic E-state index is 13.5. The van der Waals surface area contributed by atoms with Crippen molar-refractivity contribution in [3.8, 4) is 5.69 Å². The number of fused-ring (bicyclic) bond motifs is 3. The average molecular weight is 522 g/mol. The molecule has 6 rings (SSSR count). The first-order valence-electron chi connectivity index (χ1n) is 11.5. The molecule has 9 nitrogen and oxygen atoms in total. The topological polar surface area (TPSA) is 101 Å². The van der Waals surface area contributed by atoms with Crippen LogP contribution in [0.2, 0.25) is 10.0 Å². The van der Waals surface area contributed by atoms with Crippen molar-refractivity contribution in [1.29, 1.82) is 0 Å². The van der Waals surface area contributed by atoms with Crippen LogP contribution in [0.5, 0.6) is 0 Å². The Balaban J connectivity index is 1.36. The Labute approximate surface area is 215 Å². The molecule has 182 valence electrons. The van der Waals surface area contributed by atoms with Gasteiger partial charge in [0.05, 0.1) is 21.8 Å². The highest BCUT2D eigenvalue weighted by molar-refractivity contribution is 6.37. The number of aromatic nitrogens is 5. The van der Waals surface area contributed by atoms with Crippen molar-refractivity contribution in [3.63, 3.8) is 0 Å². The third-order valence-corrected chi connectivity index (χ3v) is 6.98. The molecule has 0 atom stereocenters. The molecule has 0 amide bonds. The van der Waals surface area contributed by atoms with Gasteiger partial charge in [-0.05, 0) is 49.2 Å². The van der Waals surface area contributed by atoms with E-state index in [0.29, 0.717) is 38.5 Å². The fraction of sp³-hybridized carbons (Fsp3) is 0.200. The van der Waals surface area contributed by atoms with Crippen molar-refractivity contribution >= 4 is 57.3 Å². The molecule has 11 heteroatoms. The number of benzene rings is 2. The Bertz CT molecular complexity index is 1620. The average Bonchev–Trinajstić information content (AvgIpc) is 3.37. The molecule has 1 fully saturated rings. The highest BCUT2D eigenvalue weighted by atomic mass is 35.5. The number of nitrogens with one attached hydrogen (secondary N) is 1. The van der Waals surface area contributed by atoms with E-state index in [1.54, 1.807) is 35.0 Å². The van der Waals surface area contributed by atoms with E-state index in [4.69, 9.17) is 23.2 Å². The number of halogens is 2. The molecule has 0 spiro atoms. The molecule has 5 aromatic rings. The van der Waals surface area contributed by atoms with Crippen molar-refractivity contribution in [2.75, 3.05) is 23.3 Å². The molecular formula is C25H21Cl2N7O2. The number of hydrogen-bond acceptors (Lipinski definition) is 7. The van der Waals surface area contributed by atoms with Gasteiger partial charge >= 0.3 is 0 Å². The van der Waals surface area contributed by atoms with Gasteiger partial charge in [-0.15, -0.1) is 0 Å². The number of aliphatic hydroxyl groups is 1. The molecule has 1 aliphatic rings. The number of hydrogen-bond donors (Lipinski definition) is 2. The fourth-order valence-electron chi connectivity index (χ4n) is 4.52. The molecule has 1 saturated heterocycles. The van der Waals surface area contributed by atoms with Crippen LogP contribution in [0.4, 0.5) is 17.3 Å². The van der Waals surface area contributed by atoms with Gasteiger partial charge in [0.2, 0.25) is 11.7 Å². The van der Waals surface area contributed by atoms with Gasteiger partial charge in [0.1, 0.15) is 5.39 Å². The summed E-state index contributed by atoms with van der Waals surface area (Å²) in [5.74, 6) is 0.683. The number of nitrogens with zero attached hydrogens (tertiary/aromatic N) is 6. The van der Waals surface area contributed by atoms with Gasteiger partial charge in [-0.3, -0.25) is 9.20 Å². The Morgan fingerprint density at radius 2 is 1.72 bits per heavy atom. The van der Waals surface area contributed by atoms with Gasteiger partial charge in [0, 0.05) is 43.1 Å². The smallest absolute Gasteiger partial charge is 0.270 e. The Kier molecular flexibility index (Phi) is 5.75. The molecule has 0 aliphatic carbocycles. The van der Waals surface area contributed by atoms with E-state index >= 15 is 0 Å². The van der Waals surface area contributed by atoms with E-state index in [9.17, 15) is 9.90 Å². The van der Waals surface area contributed by atoms with E-state index in [2.05, 4.69) is 25.2 Å². The second-order valence-corrected chi connectivity index (χ2v) is 9.44. The zero-order valence-electron chi connectivity index (χ0n) is 19.0. The summed E-state index contributed by atoms with van der Waals surface area (Å²) in [6.07, 6.45) is 6.14. The van der Waals surface area contributed by atoms with Crippen molar-refractivity contribution in [1.82, 2.24) is 23.9 Å². The standard InChI is InChI=1S/C25H21Cl2N7O2/c26-19-2-1-3-20(27)21(19)34-23(36)18-14-29-24(31-22(18)33-13-10-28-25(33)34)30-15-4-6-16(7-5-15)32-11-8-17(35)9-12-32/h1-7,10,13-14,17,35H,8-9,11-12H2,(H,29,30,31). The molecule has 0 saturated carbocycles. The number of piperidine rings is 1. The predicted octanol–water partition coefficient (Wildman–Crippen LogP) is 4.44. The SMILES string of the molecule is O=c1c2cnc(Nc3ccc(N4CCC(O)CC4)cc3)nc2n2ccnc2n1-c1c(Cl)cccc1Cl. The summed E-state index contributed by atoms with van der Waals surface area (Å²) in [5.41, 5.74) is 2.31. The molecule has 3 aromatic heterocycles. The van der Waals surface area contributed by atoms with Gasteiger partial charge in [0.25, 0.3) is 5.56 Å². The van der Waals surface area contributed by atoms with Crippen molar-refractivity contribution < 1.29 is 5.11 Å². The van der Waals surface area contributed by atoms with Crippen LogP contribution < -0.4 is 15.8 Å². The quantitative estimate of drug-likeness (QED) is 0.360. The summed E-state index contributed by atoms with van der Waals surface area (Å²) in [4.78, 5) is 29.1. The lowest BCUT2D eigenvalue weighted by molar-refractivity contribution is 0.145. The van der Waals surface area contributed by atoms with E-state index in [1.807, 2.05) is 24.3 Å². The second kappa shape index (κ2) is 9.09. The zero-order chi connectivity index (χ0) is 24.8. The third kappa shape index (κ3) is 3.95. The Hall–Kier alpha value is -3.66. The predicted molar refractivity (Wildman–Crippen MR) is 141 cm³/mol. The monoisotopic (exact) mass is 521 g/mol. The molecular weight excluding hydrogens is 501 g/mol. The molecule has 36 heavy (non-hydrogen) atoms. The van der Waals surface area contributed by atoms with Crippen molar-refractivity contribution in [2.24, 2.45) is 0 Å². The molecule has 2 N–H and O–H groups in total. The minimum absolute atomic E-state index is 0.208. The van der Waals surface area contributed by atoms with Gasteiger partial charge in [0.15, 0.2) is 5.65 Å². The lowest BCUT2D eigenvalue weighted by Crippen LogP contribution is -2.35. The summed E-state index contributed by atoms with van der Waals surface area (Å²) < 4.78 is 3.08. The number of anilines is 3. The van der Waals surface area contributed by atoms with Gasteiger partial charge < -0.3 is 15.3 Å². The molecule has 0 unspecified atom stereocenters. The summed E-state index contributed by atoms with van der Waals surface area (Å²) in [6, 6.07) is 13.0. The Morgan fingerprint density at radius 1 is 1.00 bits per heavy atom. The molecule has 4 heterocycles. The summed E-state index contributed by atoms with van der Waals surface area (Å²) in [7, 11) is 0. The molecule has 1 aliphatic heterocycles. The summed E-state index contributed by atoms with van der Waals surface area (Å²) in [5, 5.41) is 13.9. The van der Waals surface area contributed by atoms with Crippen LogP contribution in [0.25, 0.3) is 22.5 Å². The first-order chi connectivity index (χ1) is 17.5. The maximum absolute atomic E-state index is 13.5. The van der Waals surface area contributed by atoms with Crippen LogP contribution in [0, 0.1) is 0 Å². The van der Waals surface area contributed by atoms with Crippen LogP contribution in [0.15, 0.2) is 65.8 Å². The van der Waals surface area contributed by atoms with Gasteiger partial charge in [-0.25, -0.2) is 14.5 Å². The molecule has 0 radical (unpaired) electrons. The van der Waals surface area contributed by atoms with Crippen molar-refractivity contribution in [2.45, 2.75) is 18.9 Å². The summed E-state index contributed by atoms with van der Waals surface area (Å²) in [6.45, 7) is 1.67. The third-order valence-electron chi connectivity index (χ3n) is 6.37. The van der Waals surface area contributed by atoms with Crippen LogP contribution in [0.1, 0.15) is 12.8 Å². The van der Waals surface area contributed by atoms with E-state index in [0.717, 1.165) is 37.3 Å². The first-order valence-corrected chi connectivity index (χ1v) is 12.2.